The van der Waals surface area contributed by atoms with Crippen molar-refractivity contribution in [1.82, 2.24) is 9.97 Å². The number of imidazole rings is 1. The Morgan fingerprint density at radius 2 is 2.28 bits per heavy atom. The number of halogens is 1. The molecule has 3 rings (SSSR count). The summed E-state index contributed by atoms with van der Waals surface area (Å²) < 4.78 is 0. The first-order valence-corrected chi connectivity index (χ1v) is 6.98. The Bertz CT molecular complexity index is 507. The fourth-order valence-electron chi connectivity index (χ4n) is 2.90. The number of nitrogens with zero attached hydrogens (tertiary/aromatic N) is 1. The third-order valence-electron chi connectivity index (χ3n) is 3.80. The molecule has 94 valence electrons. The minimum Gasteiger partial charge on any atom is -0.349 e. The van der Waals surface area contributed by atoms with Gasteiger partial charge in [0.25, 0.3) is 0 Å². The molecule has 3 heteroatoms. The predicted octanol–water partition coefficient (Wildman–Crippen LogP) is 3.68. The number of fused-ring (bicyclic) bond motifs is 1. The van der Waals surface area contributed by atoms with E-state index in [2.05, 4.69) is 34.2 Å². The maximum absolute atomic E-state index is 6.62. The first-order valence-electron chi connectivity index (χ1n) is 6.54. The summed E-state index contributed by atoms with van der Waals surface area (Å²) in [6.45, 7) is 0. The molecule has 0 saturated carbocycles. The highest BCUT2D eigenvalue weighted by atomic mass is 35.5. The third-order valence-corrected chi connectivity index (χ3v) is 4.25. The van der Waals surface area contributed by atoms with Crippen LogP contribution in [-0.4, -0.2) is 15.3 Å². The Hall–Kier alpha value is -1.28. The first kappa shape index (κ1) is 11.8. The van der Waals surface area contributed by atoms with Crippen molar-refractivity contribution < 1.29 is 0 Å². The molecule has 1 aliphatic rings. The number of aryl methyl sites for hydroxylation is 1. The number of alkyl halides is 1. The largest absolute Gasteiger partial charge is 0.349 e. The van der Waals surface area contributed by atoms with Crippen LogP contribution in [0.5, 0.6) is 0 Å². The Labute approximate surface area is 112 Å². The topological polar surface area (TPSA) is 28.7 Å². The molecule has 2 nitrogen and oxygen atoms in total. The summed E-state index contributed by atoms with van der Waals surface area (Å²) in [5.41, 5.74) is 2.91. The first-order chi connectivity index (χ1) is 8.84. The van der Waals surface area contributed by atoms with Gasteiger partial charge in [-0.25, -0.2) is 4.98 Å². The van der Waals surface area contributed by atoms with Crippen LogP contribution in [0.25, 0.3) is 0 Å². The summed E-state index contributed by atoms with van der Waals surface area (Å²) >= 11 is 6.62. The van der Waals surface area contributed by atoms with Crippen LogP contribution in [0.3, 0.4) is 0 Å². The predicted molar refractivity (Wildman–Crippen MR) is 74.1 cm³/mol. The van der Waals surface area contributed by atoms with Gasteiger partial charge in [-0.05, 0) is 30.4 Å². The van der Waals surface area contributed by atoms with Gasteiger partial charge in [-0.3, -0.25) is 0 Å². The second kappa shape index (κ2) is 5.15. The molecule has 1 N–H and O–H groups in total. The van der Waals surface area contributed by atoms with Crippen LogP contribution in [-0.2, 0) is 12.8 Å². The Morgan fingerprint density at radius 3 is 3.11 bits per heavy atom. The van der Waals surface area contributed by atoms with E-state index < -0.39 is 0 Å². The number of benzene rings is 1. The van der Waals surface area contributed by atoms with Crippen molar-refractivity contribution in [3.8, 4) is 0 Å². The fraction of sp³-hybridized carbons (Fsp3) is 0.400. The molecule has 1 heterocycles. The van der Waals surface area contributed by atoms with Crippen LogP contribution in [0, 0.1) is 0 Å². The summed E-state index contributed by atoms with van der Waals surface area (Å²) in [5, 5.41) is 0.123. The number of hydrogen-bond donors (Lipinski definition) is 1. The van der Waals surface area contributed by atoms with Gasteiger partial charge < -0.3 is 4.98 Å². The van der Waals surface area contributed by atoms with E-state index in [-0.39, 0.29) is 5.38 Å². The Morgan fingerprint density at radius 1 is 1.39 bits per heavy atom. The monoisotopic (exact) mass is 260 g/mol. The third kappa shape index (κ3) is 2.30. The summed E-state index contributed by atoms with van der Waals surface area (Å²) in [6, 6.07) is 8.71. The number of hydrogen-bond acceptors (Lipinski definition) is 1. The smallest absolute Gasteiger partial charge is 0.107 e. The summed E-state index contributed by atoms with van der Waals surface area (Å²) in [6.07, 6.45) is 8.07. The van der Waals surface area contributed by atoms with Crippen LogP contribution in [0.4, 0.5) is 0 Å². The lowest BCUT2D eigenvalue weighted by Gasteiger charge is -2.28. The molecular formula is C15H17ClN2. The van der Waals surface area contributed by atoms with Gasteiger partial charge in [0, 0.05) is 30.1 Å². The fourth-order valence-corrected chi connectivity index (χ4v) is 3.31. The lowest BCUT2D eigenvalue weighted by atomic mass is 9.80. The molecule has 0 amide bonds. The van der Waals surface area contributed by atoms with E-state index in [1.54, 1.807) is 6.20 Å². The second-order valence-electron chi connectivity index (χ2n) is 4.95. The summed E-state index contributed by atoms with van der Waals surface area (Å²) in [5.74, 6) is 1.44. The van der Waals surface area contributed by atoms with E-state index in [4.69, 9.17) is 11.6 Å². The molecule has 2 atom stereocenters. The number of aromatic nitrogens is 2. The Kier molecular flexibility index (Phi) is 3.37. The van der Waals surface area contributed by atoms with Gasteiger partial charge in [-0.2, -0.15) is 0 Å². The van der Waals surface area contributed by atoms with Crippen molar-refractivity contribution in [3.63, 3.8) is 0 Å². The Balaban J connectivity index is 1.80. The minimum atomic E-state index is 0.123. The van der Waals surface area contributed by atoms with Crippen molar-refractivity contribution >= 4 is 11.6 Å². The number of rotatable bonds is 3. The average molecular weight is 261 g/mol. The molecule has 0 bridgehead atoms. The number of H-pyrrole nitrogens is 1. The lowest BCUT2D eigenvalue weighted by Crippen LogP contribution is -2.21. The zero-order valence-corrected chi connectivity index (χ0v) is 11.0. The van der Waals surface area contributed by atoms with Crippen LogP contribution >= 0.6 is 11.6 Å². The summed E-state index contributed by atoms with van der Waals surface area (Å²) in [4.78, 5) is 7.40. The van der Waals surface area contributed by atoms with Gasteiger partial charge >= 0.3 is 0 Å². The van der Waals surface area contributed by atoms with Crippen LogP contribution in [0.15, 0.2) is 36.7 Å². The zero-order valence-electron chi connectivity index (χ0n) is 10.3. The van der Waals surface area contributed by atoms with Crippen LogP contribution in [0.1, 0.15) is 35.7 Å². The number of aromatic amines is 1. The van der Waals surface area contributed by atoms with Crippen molar-refractivity contribution in [3.05, 3.63) is 53.6 Å². The van der Waals surface area contributed by atoms with Crippen molar-refractivity contribution in [1.29, 1.82) is 0 Å². The molecule has 0 aliphatic heterocycles. The summed E-state index contributed by atoms with van der Waals surface area (Å²) in [7, 11) is 0. The van der Waals surface area contributed by atoms with Crippen molar-refractivity contribution in [2.45, 2.75) is 37.0 Å². The molecule has 1 aromatic carbocycles. The van der Waals surface area contributed by atoms with Crippen LogP contribution < -0.4 is 0 Å². The molecule has 18 heavy (non-hydrogen) atoms. The van der Waals surface area contributed by atoms with E-state index in [9.17, 15) is 0 Å². The van der Waals surface area contributed by atoms with Gasteiger partial charge in [0.15, 0.2) is 0 Å². The molecule has 0 saturated heterocycles. The molecule has 1 aliphatic carbocycles. The SMILES string of the molecule is ClC(Cc1ncc[nH]1)C1CCCc2ccccc21. The maximum Gasteiger partial charge on any atom is 0.107 e. The van der Waals surface area contributed by atoms with Gasteiger partial charge in [-0.1, -0.05) is 24.3 Å². The highest BCUT2D eigenvalue weighted by Crippen LogP contribution is 2.36. The molecule has 0 fully saturated rings. The highest BCUT2D eigenvalue weighted by molar-refractivity contribution is 6.21. The van der Waals surface area contributed by atoms with E-state index in [0.29, 0.717) is 5.92 Å². The molecule has 2 aromatic rings. The highest BCUT2D eigenvalue weighted by Gasteiger charge is 2.26. The zero-order chi connectivity index (χ0) is 12.4. The molecular weight excluding hydrogens is 244 g/mol. The van der Waals surface area contributed by atoms with E-state index in [1.807, 2.05) is 6.20 Å². The minimum absolute atomic E-state index is 0.123. The quantitative estimate of drug-likeness (QED) is 0.838. The second-order valence-corrected chi connectivity index (χ2v) is 5.51. The van der Waals surface area contributed by atoms with Crippen molar-refractivity contribution in [2.75, 3.05) is 0 Å². The van der Waals surface area contributed by atoms with E-state index >= 15 is 0 Å². The molecule has 0 spiro atoms. The van der Waals surface area contributed by atoms with Gasteiger partial charge in [0.2, 0.25) is 0 Å². The van der Waals surface area contributed by atoms with Crippen LogP contribution in [0.2, 0.25) is 0 Å². The van der Waals surface area contributed by atoms with Gasteiger partial charge in [0.1, 0.15) is 5.82 Å². The van der Waals surface area contributed by atoms with Gasteiger partial charge in [0.05, 0.1) is 0 Å². The standard InChI is InChI=1S/C15H17ClN2/c16-14(10-15-17-8-9-18-15)13-7-3-5-11-4-1-2-6-12(11)13/h1-2,4,6,8-9,13-14H,3,5,7,10H2,(H,17,18). The van der Waals surface area contributed by atoms with Gasteiger partial charge in [-0.15, -0.1) is 11.6 Å². The molecule has 0 radical (unpaired) electrons. The maximum atomic E-state index is 6.62. The van der Waals surface area contributed by atoms with E-state index in [0.717, 1.165) is 12.2 Å². The lowest BCUT2D eigenvalue weighted by molar-refractivity contribution is 0.522. The normalized spacial score (nSPS) is 20.4. The number of nitrogens with one attached hydrogen (secondary N) is 1. The van der Waals surface area contributed by atoms with Crippen molar-refractivity contribution in [2.24, 2.45) is 0 Å². The van der Waals surface area contributed by atoms with E-state index in [1.165, 1.54) is 30.4 Å². The molecule has 2 unspecified atom stereocenters. The molecule has 1 aromatic heterocycles. The average Bonchev–Trinajstić information content (AvgIpc) is 2.91.